The fraction of sp³-hybridized carbons (Fsp3) is 0.0588. The van der Waals surface area contributed by atoms with Crippen molar-refractivity contribution in [3.05, 3.63) is 72.8 Å². The third-order valence-electron chi connectivity index (χ3n) is 3.18. The number of fused-ring (bicyclic) bond motifs is 1. The molecule has 0 bridgehead atoms. The molecule has 0 saturated carbocycles. The van der Waals surface area contributed by atoms with E-state index in [1.807, 2.05) is 18.2 Å². The van der Waals surface area contributed by atoms with Gasteiger partial charge in [-0.1, -0.05) is 0 Å². The summed E-state index contributed by atoms with van der Waals surface area (Å²) in [5.74, 6) is 0. The Kier molecular flexibility index (Phi) is 3.75. The number of rotatable bonds is 2. The van der Waals surface area contributed by atoms with E-state index in [0.29, 0.717) is 14.3 Å². The second-order valence-electron chi connectivity index (χ2n) is 4.54. The van der Waals surface area contributed by atoms with Gasteiger partial charge in [-0.25, -0.2) is 0 Å². The van der Waals surface area contributed by atoms with Crippen LogP contribution < -0.4 is 8.92 Å². The summed E-state index contributed by atoms with van der Waals surface area (Å²) in [6, 6.07) is 20.7. The third kappa shape index (κ3) is 2.82. The molecule has 21 heavy (non-hydrogen) atoms. The zero-order chi connectivity index (χ0) is 14.9. The van der Waals surface area contributed by atoms with Gasteiger partial charge >= 0.3 is 125 Å². The molecule has 0 atom stereocenters. The summed E-state index contributed by atoms with van der Waals surface area (Å²) in [7, 11) is 0. The van der Waals surface area contributed by atoms with Crippen LogP contribution in [-0.4, -0.2) is 19.0 Å². The number of alkyl halides is 3. The van der Waals surface area contributed by atoms with Gasteiger partial charge in [-0.2, -0.15) is 0 Å². The molecule has 0 aromatic heterocycles. The van der Waals surface area contributed by atoms with Crippen molar-refractivity contribution in [2.45, 2.75) is 5.07 Å². The molecule has 0 fully saturated rings. The summed E-state index contributed by atoms with van der Waals surface area (Å²) in [5.41, 5.74) is 0. The Morgan fingerprint density at radius 1 is 0.667 bits per heavy atom. The summed E-state index contributed by atoms with van der Waals surface area (Å²) < 4.78 is 41.8. The van der Waals surface area contributed by atoms with E-state index in [0.717, 1.165) is 5.39 Å². The monoisotopic (exact) mass is 353 g/mol. The van der Waals surface area contributed by atoms with E-state index < -0.39 is 19.0 Å². The van der Waals surface area contributed by atoms with Crippen LogP contribution in [0.3, 0.4) is 0 Å². The molecule has 0 aliphatic heterocycles. The summed E-state index contributed by atoms with van der Waals surface area (Å²) in [5, 5.41) is -2.65. The van der Waals surface area contributed by atoms with Crippen LogP contribution in [0.25, 0.3) is 10.8 Å². The molecule has 0 amide bonds. The molecule has 107 valence electrons. The molecular weight excluding hydrogens is 340 g/mol. The maximum atomic E-state index is 13.7. The van der Waals surface area contributed by atoms with Gasteiger partial charge in [-0.3, -0.25) is 0 Å². The minimum absolute atomic E-state index is 0.390. The first-order valence-electron chi connectivity index (χ1n) is 6.41. The maximum absolute atomic E-state index is 13.7. The van der Waals surface area contributed by atoms with E-state index in [4.69, 9.17) is 0 Å². The van der Waals surface area contributed by atoms with Crippen LogP contribution in [0.4, 0.5) is 13.2 Å². The van der Waals surface area contributed by atoms with Crippen molar-refractivity contribution in [2.75, 3.05) is 0 Å². The van der Waals surface area contributed by atoms with E-state index in [-0.39, 0.29) is 0 Å². The van der Waals surface area contributed by atoms with Gasteiger partial charge in [0.2, 0.25) is 0 Å². The quantitative estimate of drug-likeness (QED) is 0.619. The van der Waals surface area contributed by atoms with Crippen molar-refractivity contribution in [3.8, 4) is 0 Å². The molecule has 0 heterocycles. The Labute approximate surface area is 125 Å². The standard InChI is InChI=1S/C17H12F3Se/c18-17(19,20)21(14-9-2-1-3-10-14)16-12-6-8-13-7-4-5-11-15(13)16/h1-12H. The Morgan fingerprint density at radius 2 is 1.29 bits per heavy atom. The molecule has 0 spiro atoms. The van der Waals surface area contributed by atoms with Gasteiger partial charge in [-0.15, -0.1) is 0 Å². The van der Waals surface area contributed by atoms with Crippen molar-refractivity contribution in [1.29, 1.82) is 0 Å². The number of hydrogen-bond acceptors (Lipinski definition) is 0. The Bertz CT molecular complexity index is 745. The van der Waals surface area contributed by atoms with Crippen molar-refractivity contribution in [1.82, 2.24) is 0 Å². The number of halogens is 3. The molecule has 3 rings (SSSR count). The second kappa shape index (κ2) is 5.55. The number of hydrogen-bond donors (Lipinski definition) is 0. The fourth-order valence-electron chi connectivity index (χ4n) is 2.32. The summed E-state index contributed by atoms with van der Waals surface area (Å²) >= 11 is -3.12. The van der Waals surface area contributed by atoms with E-state index in [9.17, 15) is 13.2 Å². The second-order valence-corrected chi connectivity index (χ2v) is 8.71. The first-order chi connectivity index (χ1) is 10.1. The Morgan fingerprint density at radius 3 is 2.00 bits per heavy atom. The summed E-state index contributed by atoms with van der Waals surface area (Å²) in [6.45, 7) is 0. The molecule has 0 saturated heterocycles. The van der Waals surface area contributed by atoms with Gasteiger partial charge in [0, 0.05) is 0 Å². The molecule has 1 radical (unpaired) electrons. The van der Waals surface area contributed by atoms with Gasteiger partial charge in [0.15, 0.2) is 0 Å². The van der Waals surface area contributed by atoms with E-state index in [1.54, 1.807) is 54.6 Å². The minimum atomic E-state index is -4.20. The van der Waals surface area contributed by atoms with Gasteiger partial charge in [0.1, 0.15) is 0 Å². The predicted octanol–water partition coefficient (Wildman–Crippen LogP) is 3.55. The molecule has 0 unspecified atom stereocenters. The van der Waals surface area contributed by atoms with E-state index >= 15 is 0 Å². The average Bonchev–Trinajstić information content (AvgIpc) is 2.47. The van der Waals surface area contributed by atoms with Crippen molar-refractivity contribution >= 4 is 33.6 Å². The Balaban J connectivity index is 2.25. The molecule has 3 aromatic carbocycles. The molecular formula is C17H12F3Se. The molecule has 3 aromatic rings. The molecule has 0 aliphatic rings. The summed E-state index contributed by atoms with van der Waals surface area (Å²) in [6.07, 6.45) is 0. The average molecular weight is 352 g/mol. The molecule has 0 N–H and O–H groups in total. The predicted molar refractivity (Wildman–Crippen MR) is 81.5 cm³/mol. The first kappa shape index (κ1) is 14.2. The van der Waals surface area contributed by atoms with Crippen LogP contribution in [0.2, 0.25) is 0 Å². The molecule has 4 heteroatoms. The van der Waals surface area contributed by atoms with Gasteiger partial charge in [-0.05, 0) is 0 Å². The van der Waals surface area contributed by atoms with Crippen LogP contribution in [-0.2, 0) is 0 Å². The van der Waals surface area contributed by atoms with Crippen LogP contribution in [0.15, 0.2) is 72.8 Å². The molecule has 0 nitrogen and oxygen atoms in total. The van der Waals surface area contributed by atoms with Crippen molar-refractivity contribution in [3.63, 3.8) is 0 Å². The van der Waals surface area contributed by atoms with Gasteiger partial charge < -0.3 is 0 Å². The topological polar surface area (TPSA) is 0 Å². The van der Waals surface area contributed by atoms with Crippen LogP contribution >= 0.6 is 0 Å². The van der Waals surface area contributed by atoms with Crippen LogP contribution in [0.5, 0.6) is 0 Å². The summed E-state index contributed by atoms with van der Waals surface area (Å²) in [4.78, 5) is 0. The Hall–Kier alpha value is -1.77. The first-order valence-corrected chi connectivity index (χ1v) is 8.98. The van der Waals surface area contributed by atoms with Crippen LogP contribution in [0.1, 0.15) is 0 Å². The van der Waals surface area contributed by atoms with Crippen molar-refractivity contribution < 1.29 is 13.2 Å². The van der Waals surface area contributed by atoms with E-state index in [2.05, 4.69) is 0 Å². The van der Waals surface area contributed by atoms with Crippen LogP contribution in [0, 0.1) is 0 Å². The zero-order valence-corrected chi connectivity index (χ0v) is 12.7. The molecule has 0 aliphatic carbocycles. The number of benzene rings is 3. The normalized spacial score (nSPS) is 12.0. The zero-order valence-electron chi connectivity index (χ0n) is 11.0. The van der Waals surface area contributed by atoms with Gasteiger partial charge in [0.05, 0.1) is 0 Å². The van der Waals surface area contributed by atoms with Crippen molar-refractivity contribution in [2.24, 2.45) is 0 Å². The van der Waals surface area contributed by atoms with E-state index in [1.165, 1.54) is 0 Å². The third-order valence-corrected chi connectivity index (χ3v) is 7.38. The fourth-order valence-corrected chi connectivity index (χ4v) is 6.13. The SMILES string of the molecule is FC(F)(F)[Se](c1ccccc1)c1cccc2ccccc12. The van der Waals surface area contributed by atoms with Gasteiger partial charge in [0.25, 0.3) is 0 Å².